The van der Waals surface area contributed by atoms with Crippen LogP contribution in [0.25, 0.3) is 0 Å². The van der Waals surface area contributed by atoms with E-state index in [9.17, 15) is 0 Å². The number of benzene rings is 1. The Kier molecular flexibility index (Phi) is 4.77. The summed E-state index contributed by atoms with van der Waals surface area (Å²) in [6, 6.07) is 12.7. The Morgan fingerprint density at radius 2 is 2.00 bits per heavy atom. The molecule has 1 heterocycles. The van der Waals surface area contributed by atoms with E-state index in [1.165, 1.54) is 14.9 Å². The van der Waals surface area contributed by atoms with Gasteiger partial charge in [-0.15, -0.1) is 11.3 Å². The summed E-state index contributed by atoms with van der Waals surface area (Å²) in [4.78, 5) is 1.37. The van der Waals surface area contributed by atoms with E-state index in [1.807, 2.05) is 0 Å². The van der Waals surface area contributed by atoms with E-state index in [0.717, 1.165) is 13.1 Å². The van der Waals surface area contributed by atoms with E-state index in [2.05, 4.69) is 69.9 Å². The summed E-state index contributed by atoms with van der Waals surface area (Å²) in [7, 11) is 0. The minimum Gasteiger partial charge on any atom is -0.311 e. The van der Waals surface area contributed by atoms with Crippen LogP contribution in [0.15, 0.2) is 46.3 Å². The molecule has 1 unspecified atom stereocenters. The fourth-order valence-electron chi connectivity index (χ4n) is 1.75. The molecule has 0 saturated heterocycles. The lowest BCUT2D eigenvalue weighted by Gasteiger charge is -2.12. The van der Waals surface area contributed by atoms with Crippen LogP contribution < -0.4 is 5.32 Å². The summed E-state index contributed by atoms with van der Waals surface area (Å²) in [5.41, 5.74) is 1.39. The van der Waals surface area contributed by atoms with Crippen LogP contribution in [-0.4, -0.2) is 6.54 Å². The van der Waals surface area contributed by atoms with Gasteiger partial charge in [0.1, 0.15) is 0 Å². The molecule has 1 aromatic carbocycles. The van der Waals surface area contributed by atoms with Crippen LogP contribution in [-0.2, 0) is 6.54 Å². The fourth-order valence-corrected chi connectivity index (χ4v) is 3.21. The minimum atomic E-state index is 0.551. The second-order valence-corrected chi connectivity index (χ2v) is 5.99. The largest absolute Gasteiger partial charge is 0.311 e. The fraction of sp³-hybridized carbons (Fsp3) is 0.286. The van der Waals surface area contributed by atoms with Gasteiger partial charge in [-0.25, -0.2) is 0 Å². The second kappa shape index (κ2) is 6.34. The average molecular weight is 310 g/mol. The van der Waals surface area contributed by atoms with Crippen molar-refractivity contribution in [1.29, 1.82) is 0 Å². The number of hydrogen-bond donors (Lipinski definition) is 1. The van der Waals surface area contributed by atoms with E-state index in [0.29, 0.717) is 5.92 Å². The lowest BCUT2D eigenvalue weighted by Crippen LogP contribution is -2.19. The molecular weight excluding hydrogens is 294 g/mol. The van der Waals surface area contributed by atoms with Crippen LogP contribution in [0.5, 0.6) is 0 Å². The maximum atomic E-state index is 3.55. The first-order valence-electron chi connectivity index (χ1n) is 5.75. The first kappa shape index (κ1) is 12.8. The molecule has 0 fully saturated rings. The van der Waals surface area contributed by atoms with Crippen LogP contribution in [0.4, 0.5) is 0 Å². The zero-order valence-corrected chi connectivity index (χ0v) is 12.2. The standard InChI is InChI=1S/C14H16BrNS/c1-11(12-5-3-2-4-6-12)9-16-10-14-13(15)7-8-17-14/h2-8,11,16H,9-10H2,1H3. The third-order valence-corrected chi connectivity index (χ3v) is 4.72. The lowest BCUT2D eigenvalue weighted by molar-refractivity contribution is 0.618. The van der Waals surface area contributed by atoms with Crippen molar-refractivity contribution < 1.29 is 0 Å². The Bertz CT molecular complexity index is 452. The molecule has 0 radical (unpaired) electrons. The number of hydrogen-bond acceptors (Lipinski definition) is 2. The highest BCUT2D eigenvalue weighted by atomic mass is 79.9. The molecule has 1 N–H and O–H groups in total. The third-order valence-electron chi connectivity index (χ3n) is 2.80. The molecule has 0 aliphatic rings. The van der Waals surface area contributed by atoms with Crippen molar-refractivity contribution in [3.63, 3.8) is 0 Å². The maximum Gasteiger partial charge on any atom is 0.0327 e. The molecule has 3 heteroatoms. The van der Waals surface area contributed by atoms with E-state index in [4.69, 9.17) is 0 Å². The molecule has 0 amide bonds. The summed E-state index contributed by atoms with van der Waals surface area (Å²) in [6.07, 6.45) is 0. The van der Waals surface area contributed by atoms with Gasteiger partial charge in [-0.2, -0.15) is 0 Å². The van der Waals surface area contributed by atoms with Gasteiger partial charge in [0.15, 0.2) is 0 Å². The van der Waals surface area contributed by atoms with Gasteiger partial charge in [0, 0.05) is 22.4 Å². The molecule has 0 aliphatic heterocycles. The van der Waals surface area contributed by atoms with Crippen LogP contribution in [0.2, 0.25) is 0 Å². The van der Waals surface area contributed by atoms with Gasteiger partial charge in [0.05, 0.1) is 0 Å². The van der Waals surface area contributed by atoms with Crippen molar-refractivity contribution in [3.05, 3.63) is 56.7 Å². The molecule has 2 rings (SSSR count). The molecule has 90 valence electrons. The monoisotopic (exact) mass is 309 g/mol. The van der Waals surface area contributed by atoms with Crippen LogP contribution >= 0.6 is 27.3 Å². The summed E-state index contributed by atoms with van der Waals surface area (Å²) in [5.74, 6) is 0.551. The first-order valence-corrected chi connectivity index (χ1v) is 7.42. The van der Waals surface area contributed by atoms with Gasteiger partial charge >= 0.3 is 0 Å². The van der Waals surface area contributed by atoms with E-state index >= 15 is 0 Å². The van der Waals surface area contributed by atoms with Gasteiger partial charge in [-0.3, -0.25) is 0 Å². The highest BCUT2D eigenvalue weighted by Gasteiger charge is 2.05. The molecule has 0 bridgehead atoms. The van der Waals surface area contributed by atoms with Gasteiger partial charge in [0.25, 0.3) is 0 Å². The normalized spacial score (nSPS) is 12.6. The summed E-state index contributed by atoms with van der Waals surface area (Å²) in [6.45, 7) is 4.20. The van der Waals surface area contributed by atoms with Crippen LogP contribution in [0.3, 0.4) is 0 Å². The second-order valence-electron chi connectivity index (χ2n) is 4.13. The van der Waals surface area contributed by atoms with Gasteiger partial charge in [0.2, 0.25) is 0 Å². The van der Waals surface area contributed by atoms with Crippen molar-refractivity contribution in [3.8, 4) is 0 Å². The predicted molar refractivity (Wildman–Crippen MR) is 78.6 cm³/mol. The number of nitrogens with one attached hydrogen (secondary N) is 1. The SMILES string of the molecule is CC(CNCc1sccc1Br)c1ccccc1. The molecular formula is C14H16BrNS. The smallest absolute Gasteiger partial charge is 0.0327 e. The zero-order valence-electron chi connectivity index (χ0n) is 9.82. The Labute approximate surface area is 115 Å². The molecule has 1 nitrogen and oxygen atoms in total. The van der Waals surface area contributed by atoms with E-state index in [1.54, 1.807) is 11.3 Å². The quantitative estimate of drug-likeness (QED) is 0.863. The van der Waals surface area contributed by atoms with Crippen molar-refractivity contribution in [1.82, 2.24) is 5.32 Å². The summed E-state index contributed by atoms with van der Waals surface area (Å²) < 4.78 is 1.21. The molecule has 1 aromatic heterocycles. The van der Waals surface area contributed by atoms with E-state index in [-0.39, 0.29) is 0 Å². The van der Waals surface area contributed by atoms with Crippen LogP contribution in [0, 0.1) is 0 Å². The highest BCUT2D eigenvalue weighted by Crippen LogP contribution is 2.22. The van der Waals surface area contributed by atoms with Gasteiger partial charge in [-0.1, -0.05) is 37.3 Å². The van der Waals surface area contributed by atoms with Crippen molar-refractivity contribution in [2.24, 2.45) is 0 Å². The third kappa shape index (κ3) is 3.66. The topological polar surface area (TPSA) is 12.0 Å². The number of rotatable bonds is 5. The molecule has 0 saturated carbocycles. The number of halogens is 1. The van der Waals surface area contributed by atoms with Crippen LogP contribution in [0.1, 0.15) is 23.3 Å². The van der Waals surface area contributed by atoms with Crippen molar-refractivity contribution >= 4 is 27.3 Å². The Balaban J connectivity index is 1.81. The summed E-state index contributed by atoms with van der Waals surface area (Å²) in [5, 5.41) is 5.62. The van der Waals surface area contributed by atoms with Crippen molar-refractivity contribution in [2.75, 3.05) is 6.54 Å². The number of thiophene rings is 1. The Morgan fingerprint density at radius 1 is 1.24 bits per heavy atom. The molecule has 2 aromatic rings. The maximum absolute atomic E-state index is 3.55. The van der Waals surface area contributed by atoms with E-state index < -0.39 is 0 Å². The molecule has 0 aliphatic carbocycles. The summed E-state index contributed by atoms with van der Waals surface area (Å²) >= 11 is 5.34. The molecule has 1 atom stereocenters. The highest BCUT2D eigenvalue weighted by molar-refractivity contribution is 9.10. The Hall–Kier alpha value is -0.640. The zero-order chi connectivity index (χ0) is 12.1. The predicted octanol–water partition coefficient (Wildman–Crippen LogP) is 4.40. The molecule has 17 heavy (non-hydrogen) atoms. The molecule has 0 spiro atoms. The minimum absolute atomic E-state index is 0.551. The first-order chi connectivity index (χ1) is 8.27. The average Bonchev–Trinajstić information content (AvgIpc) is 2.76. The van der Waals surface area contributed by atoms with Gasteiger partial charge < -0.3 is 5.32 Å². The van der Waals surface area contributed by atoms with Gasteiger partial charge in [-0.05, 0) is 38.9 Å². The lowest BCUT2D eigenvalue weighted by atomic mass is 10.0. The van der Waals surface area contributed by atoms with Crippen molar-refractivity contribution in [2.45, 2.75) is 19.4 Å². The Morgan fingerprint density at radius 3 is 2.65 bits per heavy atom.